The van der Waals surface area contributed by atoms with Crippen LogP contribution in [0.25, 0.3) is 0 Å². The number of rotatable bonds is 4. The molecule has 6 heteroatoms. The summed E-state index contributed by atoms with van der Waals surface area (Å²) in [5.41, 5.74) is -0.146. The number of hydrogen-bond acceptors (Lipinski definition) is 3. The van der Waals surface area contributed by atoms with Gasteiger partial charge in [-0.25, -0.2) is 9.18 Å². The van der Waals surface area contributed by atoms with E-state index >= 15 is 0 Å². The summed E-state index contributed by atoms with van der Waals surface area (Å²) >= 11 is 4.52. The van der Waals surface area contributed by atoms with Crippen LogP contribution in [0.1, 0.15) is 10.4 Å². The van der Waals surface area contributed by atoms with Crippen molar-refractivity contribution in [2.24, 2.45) is 0 Å². The zero-order valence-corrected chi connectivity index (χ0v) is 12.8. The molecule has 0 atom stereocenters. The van der Waals surface area contributed by atoms with Gasteiger partial charge in [-0.3, -0.25) is 0 Å². The molecule has 0 aliphatic heterocycles. The molecule has 0 fully saturated rings. The first kappa shape index (κ1) is 14.9. The Balaban J connectivity index is 2.29. The fourth-order valence-corrected chi connectivity index (χ4v) is 2.45. The molecule has 0 heterocycles. The van der Waals surface area contributed by atoms with Gasteiger partial charge in [-0.05, 0) is 58.6 Å². The molecule has 0 radical (unpaired) electrons. The lowest BCUT2D eigenvalue weighted by Crippen LogP contribution is -2.00. The van der Waals surface area contributed by atoms with Crippen molar-refractivity contribution in [1.29, 1.82) is 0 Å². The average molecular weight is 357 g/mol. The molecule has 0 bridgehead atoms. The van der Waals surface area contributed by atoms with Gasteiger partial charge in [0.05, 0.1) is 10.0 Å². The van der Waals surface area contributed by atoms with E-state index < -0.39 is 11.8 Å². The molecule has 0 saturated heterocycles. The maximum atomic E-state index is 14.0. The molecule has 0 unspecified atom stereocenters. The first-order valence-corrected chi connectivity index (χ1v) is 7.58. The van der Waals surface area contributed by atoms with E-state index in [1.807, 2.05) is 18.4 Å². The third kappa shape index (κ3) is 3.13. The fourth-order valence-electron chi connectivity index (χ4n) is 1.55. The minimum absolute atomic E-state index is 0.0289. The summed E-state index contributed by atoms with van der Waals surface area (Å²) in [4.78, 5) is 11.9. The molecule has 104 valence electrons. The minimum Gasteiger partial charge on any atom is -0.478 e. The van der Waals surface area contributed by atoms with Gasteiger partial charge in [0.1, 0.15) is 5.75 Å². The summed E-state index contributed by atoms with van der Waals surface area (Å²) in [6.45, 7) is 0. The molecule has 20 heavy (non-hydrogen) atoms. The molecule has 2 rings (SSSR count). The lowest BCUT2D eigenvalue weighted by atomic mass is 10.2. The normalized spacial score (nSPS) is 10.3. The van der Waals surface area contributed by atoms with Crippen LogP contribution in [0.2, 0.25) is 0 Å². The van der Waals surface area contributed by atoms with Gasteiger partial charge in [0.15, 0.2) is 11.6 Å². The van der Waals surface area contributed by atoms with E-state index in [-0.39, 0.29) is 15.8 Å². The number of hydrogen-bond donors (Lipinski definition) is 1. The number of benzene rings is 2. The van der Waals surface area contributed by atoms with Crippen molar-refractivity contribution in [2.75, 3.05) is 6.26 Å². The van der Waals surface area contributed by atoms with Crippen molar-refractivity contribution in [3.8, 4) is 11.5 Å². The van der Waals surface area contributed by atoms with E-state index in [4.69, 9.17) is 9.84 Å². The Labute approximate surface area is 127 Å². The van der Waals surface area contributed by atoms with Crippen molar-refractivity contribution >= 4 is 33.7 Å². The molecule has 0 aromatic heterocycles. The number of aromatic carboxylic acids is 1. The molecular formula is C14H10BrFO3S. The third-order valence-corrected chi connectivity index (χ3v) is 4.08. The van der Waals surface area contributed by atoms with E-state index in [1.165, 1.54) is 12.1 Å². The molecular weight excluding hydrogens is 347 g/mol. The zero-order valence-electron chi connectivity index (χ0n) is 10.4. The van der Waals surface area contributed by atoms with Crippen molar-refractivity contribution in [3.05, 3.63) is 52.3 Å². The van der Waals surface area contributed by atoms with Crippen LogP contribution in [0.4, 0.5) is 4.39 Å². The Bertz CT molecular complexity index is 644. The predicted octanol–water partition coefficient (Wildman–Crippen LogP) is 4.80. The predicted molar refractivity (Wildman–Crippen MR) is 79.4 cm³/mol. The van der Waals surface area contributed by atoms with E-state index in [0.717, 1.165) is 4.90 Å². The fraction of sp³-hybridized carbons (Fsp3) is 0.0714. The number of carboxylic acids is 1. The summed E-state index contributed by atoms with van der Waals surface area (Å²) in [5, 5.41) is 8.89. The maximum Gasteiger partial charge on any atom is 0.336 e. The summed E-state index contributed by atoms with van der Waals surface area (Å²) < 4.78 is 19.3. The van der Waals surface area contributed by atoms with Gasteiger partial charge >= 0.3 is 5.97 Å². The Hall–Kier alpha value is -1.53. The Kier molecular flexibility index (Phi) is 4.67. The molecule has 0 saturated carbocycles. The molecule has 0 spiro atoms. The van der Waals surface area contributed by atoms with E-state index in [9.17, 15) is 9.18 Å². The van der Waals surface area contributed by atoms with Crippen LogP contribution >= 0.6 is 27.7 Å². The topological polar surface area (TPSA) is 46.5 Å². The SMILES string of the molecule is CSc1ccc(Oc2ccc(C(=O)O)c(Br)c2F)cc1. The van der Waals surface area contributed by atoms with Crippen LogP contribution in [-0.2, 0) is 0 Å². The second kappa shape index (κ2) is 6.28. The minimum atomic E-state index is -1.20. The lowest BCUT2D eigenvalue weighted by molar-refractivity contribution is 0.0695. The molecule has 0 aliphatic carbocycles. The molecule has 2 aromatic rings. The lowest BCUT2D eigenvalue weighted by Gasteiger charge is -2.09. The molecule has 0 aliphatic rings. The largest absolute Gasteiger partial charge is 0.478 e. The van der Waals surface area contributed by atoms with Crippen LogP contribution in [0.3, 0.4) is 0 Å². The van der Waals surface area contributed by atoms with Gasteiger partial charge in [-0.15, -0.1) is 11.8 Å². The van der Waals surface area contributed by atoms with Crippen LogP contribution in [0.5, 0.6) is 11.5 Å². The standard InChI is InChI=1S/C14H10BrFO3S/c1-20-9-4-2-8(3-5-9)19-11-7-6-10(14(17)18)12(15)13(11)16/h2-7H,1H3,(H,17,18). The Morgan fingerprint density at radius 3 is 2.45 bits per heavy atom. The van der Waals surface area contributed by atoms with E-state index in [0.29, 0.717) is 5.75 Å². The van der Waals surface area contributed by atoms with Crippen molar-refractivity contribution in [2.45, 2.75) is 4.90 Å². The first-order valence-electron chi connectivity index (χ1n) is 5.56. The van der Waals surface area contributed by atoms with Gasteiger partial charge in [0, 0.05) is 4.90 Å². The second-order valence-electron chi connectivity index (χ2n) is 3.82. The van der Waals surface area contributed by atoms with Crippen LogP contribution in [0, 0.1) is 5.82 Å². The van der Waals surface area contributed by atoms with Gasteiger partial charge in [0.2, 0.25) is 0 Å². The summed E-state index contributed by atoms with van der Waals surface area (Å²) in [5.74, 6) is -1.49. The van der Waals surface area contributed by atoms with Crippen molar-refractivity contribution < 1.29 is 19.0 Å². The second-order valence-corrected chi connectivity index (χ2v) is 5.49. The number of carboxylic acid groups (broad SMARTS) is 1. The van der Waals surface area contributed by atoms with Gasteiger partial charge in [-0.2, -0.15) is 0 Å². The molecule has 2 aromatic carbocycles. The number of halogens is 2. The van der Waals surface area contributed by atoms with Crippen LogP contribution in [0.15, 0.2) is 45.8 Å². The highest BCUT2D eigenvalue weighted by molar-refractivity contribution is 9.10. The van der Waals surface area contributed by atoms with E-state index in [1.54, 1.807) is 23.9 Å². The maximum absolute atomic E-state index is 14.0. The number of carbonyl (C=O) groups is 1. The smallest absolute Gasteiger partial charge is 0.336 e. The highest BCUT2D eigenvalue weighted by Crippen LogP contribution is 2.32. The summed E-state index contributed by atoms with van der Waals surface area (Å²) in [6, 6.07) is 9.76. The van der Waals surface area contributed by atoms with Crippen LogP contribution in [-0.4, -0.2) is 17.3 Å². The quantitative estimate of drug-likeness (QED) is 0.799. The highest BCUT2D eigenvalue weighted by atomic mass is 79.9. The van der Waals surface area contributed by atoms with Crippen molar-refractivity contribution in [3.63, 3.8) is 0 Å². The summed E-state index contributed by atoms with van der Waals surface area (Å²) in [6.07, 6.45) is 1.96. The number of ether oxygens (including phenoxy) is 1. The zero-order chi connectivity index (χ0) is 14.7. The molecule has 3 nitrogen and oxygen atoms in total. The molecule has 1 N–H and O–H groups in total. The number of thioether (sulfide) groups is 1. The van der Waals surface area contributed by atoms with Crippen LogP contribution < -0.4 is 4.74 Å². The Morgan fingerprint density at radius 1 is 1.25 bits per heavy atom. The van der Waals surface area contributed by atoms with Crippen molar-refractivity contribution in [1.82, 2.24) is 0 Å². The summed E-state index contributed by atoms with van der Waals surface area (Å²) in [7, 11) is 0. The third-order valence-electron chi connectivity index (χ3n) is 2.56. The Morgan fingerprint density at radius 2 is 1.90 bits per heavy atom. The first-order chi connectivity index (χ1) is 9.52. The molecule has 0 amide bonds. The van der Waals surface area contributed by atoms with Gasteiger partial charge in [-0.1, -0.05) is 0 Å². The monoisotopic (exact) mass is 356 g/mol. The van der Waals surface area contributed by atoms with E-state index in [2.05, 4.69) is 15.9 Å². The van der Waals surface area contributed by atoms with Gasteiger partial charge in [0.25, 0.3) is 0 Å². The average Bonchev–Trinajstić information content (AvgIpc) is 2.44. The highest BCUT2D eigenvalue weighted by Gasteiger charge is 2.17. The van der Waals surface area contributed by atoms with Gasteiger partial charge < -0.3 is 9.84 Å².